The predicted octanol–water partition coefficient (Wildman–Crippen LogP) is 5.04. The summed E-state index contributed by atoms with van der Waals surface area (Å²) in [5.41, 5.74) is 4.58. The Morgan fingerprint density at radius 2 is 1.71 bits per heavy atom. The lowest BCUT2D eigenvalue weighted by atomic mass is 10.1. The maximum atomic E-state index is 10.1. The van der Waals surface area contributed by atoms with Crippen LogP contribution in [0, 0.1) is 0 Å². The molecule has 184 valence electrons. The van der Waals surface area contributed by atoms with Crippen molar-refractivity contribution in [3.8, 4) is 17.2 Å². The first-order valence-corrected chi connectivity index (χ1v) is 12.5. The standard InChI is InChI=1S/C29H35N3O3/c1-2-3-4-9-29-31-27-7-5-6-8-28(27)32(29)23-12-10-22(11-13-23)18-19-30-20-25(34)21-35-26-16-14-24(33)15-17-26/h5-8,10-17,25,30,33-34H,2-4,9,18-21H2,1H3/t25-/m0/s1. The predicted molar refractivity (Wildman–Crippen MR) is 140 cm³/mol. The SMILES string of the molecule is CCCCCc1nc2ccccc2n1-c1ccc(CCNC[C@H](O)COc2ccc(O)cc2)cc1. The van der Waals surface area contributed by atoms with Crippen LogP contribution in [0.3, 0.4) is 0 Å². The van der Waals surface area contributed by atoms with Gasteiger partial charge in [0.15, 0.2) is 0 Å². The minimum atomic E-state index is -0.605. The van der Waals surface area contributed by atoms with E-state index in [0.717, 1.165) is 48.4 Å². The van der Waals surface area contributed by atoms with E-state index in [0.29, 0.717) is 12.3 Å². The number of imidazole rings is 1. The molecule has 1 atom stereocenters. The van der Waals surface area contributed by atoms with Crippen molar-refractivity contribution >= 4 is 11.0 Å². The molecule has 1 heterocycles. The molecule has 6 nitrogen and oxygen atoms in total. The number of phenolic OH excluding ortho intramolecular Hbond substituents is 1. The summed E-state index contributed by atoms with van der Waals surface area (Å²) in [6, 6.07) is 23.5. The van der Waals surface area contributed by atoms with Crippen molar-refractivity contribution in [3.63, 3.8) is 0 Å². The number of para-hydroxylation sites is 2. The number of aliphatic hydroxyl groups is 1. The van der Waals surface area contributed by atoms with Crippen LogP contribution in [0.4, 0.5) is 0 Å². The van der Waals surface area contributed by atoms with Crippen molar-refractivity contribution in [2.24, 2.45) is 0 Å². The molecular formula is C29H35N3O3. The number of nitrogens with one attached hydrogen (secondary N) is 1. The van der Waals surface area contributed by atoms with E-state index in [2.05, 4.69) is 59.3 Å². The van der Waals surface area contributed by atoms with Gasteiger partial charge in [0.1, 0.15) is 30.0 Å². The highest BCUT2D eigenvalue weighted by molar-refractivity contribution is 5.78. The van der Waals surface area contributed by atoms with Gasteiger partial charge < -0.3 is 20.3 Å². The summed E-state index contributed by atoms with van der Waals surface area (Å²) >= 11 is 0. The van der Waals surface area contributed by atoms with Crippen LogP contribution in [-0.4, -0.2) is 45.6 Å². The molecule has 0 unspecified atom stereocenters. The first kappa shape index (κ1) is 24.8. The normalized spacial score (nSPS) is 12.2. The molecule has 0 aliphatic rings. The van der Waals surface area contributed by atoms with Crippen LogP contribution in [0.5, 0.6) is 11.5 Å². The Bertz CT molecular complexity index is 1190. The third kappa shape index (κ3) is 6.84. The molecule has 4 rings (SSSR count). The number of rotatable bonds is 13. The van der Waals surface area contributed by atoms with Gasteiger partial charge in [-0.3, -0.25) is 4.57 Å². The third-order valence-corrected chi connectivity index (χ3v) is 6.08. The van der Waals surface area contributed by atoms with Crippen LogP contribution < -0.4 is 10.1 Å². The van der Waals surface area contributed by atoms with Crippen LogP contribution in [0.15, 0.2) is 72.8 Å². The van der Waals surface area contributed by atoms with Gasteiger partial charge in [-0.2, -0.15) is 0 Å². The molecular weight excluding hydrogens is 438 g/mol. The zero-order valence-electron chi connectivity index (χ0n) is 20.4. The first-order chi connectivity index (χ1) is 17.1. The van der Waals surface area contributed by atoms with Gasteiger partial charge in [-0.25, -0.2) is 4.98 Å². The number of fused-ring (bicyclic) bond motifs is 1. The molecule has 1 aromatic heterocycles. The number of unbranched alkanes of at least 4 members (excludes halogenated alkanes) is 2. The van der Waals surface area contributed by atoms with Crippen LogP contribution in [0.25, 0.3) is 16.7 Å². The second-order valence-electron chi connectivity index (χ2n) is 8.89. The van der Waals surface area contributed by atoms with E-state index in [1.54, 1.807) is 24.3 Å². The van der Waals surface area contributed by atoms with Crippen LogP contribution in [-0.2, 0) is 12.8 Å². The van der Waals surface area contributed by atoms with Crippen LogP contribution in [0.2, 0.25) is 0 Å². The molecule has 0 amide bonds. The Balaban J connectivity index is 1.29. The fourth-order valence-electron chi connectivity index (χ4n) is 4.17. The van der Waals surface area contributed by atoms with Crippen LogP contribution >= 0.6 is 0 Å². The lowest BCUT2D eigenvalue weighted by molar-refractivity contribution is 0.106. The molecule has 0 fully saturated rings. The van der Waals surface area contributed by atoms with Crippen molar-refractivity contribution in [3.05, 3.63) is 84.2 Å². The Labute approximate surface area is 207 Å². The van der Waals surface area contributed by atoms with Crippen molar-refractivity contribution in [2.75, 3.05) is 19.7 Å². The Morgan fingerprint density at radius 3 is 2.49 bits per heavy atom. The highest BCUT2D eigenvalue weighted by Crippen LogP contribution is 2.23. The second-order valence-corrected chi connectivity index (χ2v) is 8.89. The summed E-state index contributed by atoms with van der Waals surface area (Å²) in [4.78, 5) is 4.91. The Morgan fingerprint density at radius 1 is 0.943 bits per heavy atom. The van der Waals surface area contributed by atoms with E-state index in [9.17, 15) is 10.2 Å². The highest BCUT2D eigenvalue weighted by Gasteiger charge is 2.12. The number of benzene rings is 3. The topological polar surface area (TPSA) is 79.5 Å². The number of nitrogens with zero attached hydrogens (tertiary/aromatic N) is 2. The van der Waals surface area contributed by atoms with E-state index in [1.807, 2.05) is 6.07 Å². The second kappa shape index (κ2) is 12.4. The zero-order valence-corrected chi connectivity index (χ0v) is 20.4. The lowest BCUT2D eigenvalue weighted by Gasteiger charge is -2.14. The van der Waals surface area contributed by atoms with E-state index in [4.69, 9.17) is 9.72 Å². The van der Waals surface area contributed by atoms with Crippen molar-refractivity contribution in [1.82, 2.24) is 14.9 Å². The number of aliphatic hydroxyl groups excluding tert-OH is 1. The van der Waals surface area contributed by atoms with E-state index in [1.165, 1.54) is 18.4 Å². The van der Waals surface area contributed by atoms with E-state index < -0.39 is 6.10 Å². The third-order valence-electron chi connectivity index (χ3n) is 6.08. The molecule has 0 saturated heterocycles. The first-order valence-electron chi connectivity index (χ1n) is 12.5. The van der Waals surface area contributed by atoms with Gasteiger partial charge in [0.05, 0.1) is 11.0 Å². The largest absolute Gasteiger partial charge is 0.508 e. The summed E-state index contributed by atoms with van der Waals surface area (Å²) < 4.78 is 7.84. The smallest absolute Gasteiger partial charge is 0.119 e. The number of aromatic hydroxyl groups is 1. The van der Waals surface area contributed by atoms with Gasteiger partial charge in [0.25, 0.3) is 0 Å². The molecule has 6 heteroatoms. The average Bonchev–Trinajstić information content (AvgIpc) is 3.25. The van der Waals surface area contributed by atoms with Crippen molar-refractivity contribution in [1.29, 1.82) is 0 Å². The van der Waals surface area contributed by atoms with Crippen LogP contribution in [0.1, 0.15) is 37.6 Å². The summed E-state index contributed by atoms with van der Waals surface area (Å²) in [7, 11) is 0. The number of aromatic nitrogens is 2. The van der Waals surface area contributed by atoms with Gasteiger partial charge in [-0.1, -0.05) is 44.0 Å². The zero-order chi connectivity index (χ0) is 24.5. The van der Waals surface area contributed by atoms with Gasteiger partial charge in [0, 0.05) is 18.7 Å². The Hall–Kier alpha value is -3.35. The lowest BCUT2D eigenvalue weighted by Crippen LogP contribution is -2.32. The summed E-state index contributed by atoms with van der Waals surface area (Å²) in [6.07, 6.45) is 4.81. The molecule has 4 aromatic rings. The molecule has 0 saturated carbocycles. The fraction of sp³-hybridized carbons (Fsp3) is 0.345. The molecule has 0 aliphatic carbocycles. The molecule has 0 aliphatic heterocycles. The number of hydrogen-bond donors (Lipinski definition) is 3. The maximum Gasteiger partial charge on any atom is 0.119 e. The minimum Gasteiger partial charge on any atom is -0.508 e. The molecule has 0 radical (unpaired) electrons. The molecule has 3 aromatic carbocycles. The molecule has 0 bridgehead atoms. The average molecular weight is 474 g/mol. The van der Waals surface area contributed by atoms with E-state index >= 15 is 0 Å². The quantitative estimate of drug-likeness (QED) is 0.237. The summed E-state index contributed by atoms with van der Waals surface area (Å²) in [5, 5.41) is 22.8. The molecule has 3 N–H and O–H groups in total. The molecule has 35 heavy (non-hydrogen) atoms. The Kier molecular flexibility index (Phi) is 8.76. The van der Waals surface area contributed by atoms with Gasteiger partial charge in [0.2, 0.25) is 0 Å². The summed E-state index contributed by atoms with van der Waals surface area (Å²) in [6.45, 7) is 3.65. The number of phenols is 1. The maximum absolute atomic E-state index is 10.1. The van der Waals surface area contributed by atoms with Gasteiger partial charge >= 0.3 is 0 Å². The summed E-state index contributed by atoms with van der Waals surface area (Å²) in [5.74, 6) is 1.94. The van der Waals surface area contributed by atoms with Gasteiger partial charge in [-0.15, -0.1) is 0 Å². The molecule has 0 spiro atoms. The number of aryl methyl sites for hydroxylation is 1. The monoisotopic (exact) mass is 473 g/mol. The number of hydrogen-bond acceptors (Lipinski definition) is 5. The fourth-order valence-corrected chi connectivity index (χ4v) is 4.17. The van der Waals surface area contributed by atoms with E-state index in [-0.39, 0.29) is 12.4 Å². The van der Waals surface area contributed by atoms with Gasteiger partial charge in [-0.05, 0) is 73.5 Å². The number of ether oxygens (including phenoxy) is 1. The van der Waals surface area contributed by atoms with Crippen molar-refractivity contribution in [2.45, 2.75) is 45.1 Å². The van der Waals surface area contributed by atoms with Crippen molar-refractivity contribution < 1.29 is 14.9 Å². The highest BCUT2D eigenvalue weighted by atomic mass is 16.5. The minimum absolute atomic E-state index is 0.193.